The van der Waals surface area contributed by atoms with Gasteiger partial charge in [-0.25, -0.2) is 0 Å². The molecule has 4 nitrogen and oxygen atoms in total. The van der Waals surface area contributed by atoms with Crippen molar-refractivity contribution < 1.29 is 4.79 Å². The van der Waals surface area contributed by atoms with Crippen molar-refractivity contribution >= 4 is 43.1 Å². The summed E-state index contributed by atoms with van der Waals surface area (Å²) in [6.45, 7) is 6.90. The standard InChI is InChI=1S/C19H41N3O.3ClH/c1-18(2)12-10-8-6-4-3-5-7-9-11-13-19(23)22(16-14-20)17-15-21;;;/h18H,3-17,20-21H2,1-2H3;3*1H. The monoisotopic (exact) mass is 435 g/mol. The van der Waals surface area contributed by atoms with Crippen molar-refractivity contribution in [2.24, 2.45) is 17.4 Å². The van der Waals surface area contributed by atoms with E-state index in [0.29, 0.717) is 32.6 Å². The highest BCUT2D eigenvalue weighted by Crippen LogP contribution is 2.13. The molecule has 0 radical (unpaired) electrons. The van der Waals surface area contributed by atoms with E-state index in [9.17, 15) is 4.79 Å². The third-order valence-corrected chi connectivity index (χ3v) is 4.32. The predicted octanol–water partition coefficient (Wildman–Crippen LogP) is 4.94. The first kappa shape index (κ1) is 33.8. The second-order valence-electron chi connectivity index (χ2n) is 7.07. The summed E-state index contributed by atoms with van der Waals surface area (Å²) in [5.41, 5.74) is 11.1. The Morgan fingerprint density at radius 2 is 1.12 bits per heavy atom. The second-order valence-corrected chi connectivity index (χ2v) is 7.07. The van der Waals surface area contributed by atoms with Crippen LogP contribution < -0.4 is 11.5 Å². The summed E-state index contributed by atoms with van der Waals surface area (Å²) in [6.07, 6.45) is 13.7. The van der Waals surface area contributed by atoms with Gasteiger partial charge in [0.25, 0.3) is 0 Å². The third kappa shape index (κ3) is 22.3. The van der Waals surface area contributed by atoms with Crippen LogP contribution in [0.15, 0.2) is 0 Å². The van der Waals surface area contributed by atoms with Gasteiger partial charge in [0.1, 0.15) is 0 Å². The lowest BCUT2D eigenvalue weighted by molar-refractivity contribution is -0.131. The first-order valence-electron chi connectivity index (χ1n) is 9.79. The van der Waals surface area contributed by atoms with Gasteiger partial charge in [-0.3, -0.25) is 4.79 Å². The molecule has 1 amide bonds. The minimum atomic E-state index is 0. The Morgan fingerprint density at radius 1 is 0.731 bits per heavy atom. The van der Waals surface area contributed by atoms with Gasteiger partial charge in [0.2, 0.25) is 5.91 Å². The zero-order valence-electron chi connectivity index (χ0n) is 16.9. The lowest BCUT2D eigenvalue weighted by atomic mass is 10.0. The van der Waals surface area contributed by atoms with Gasteiger partial charge in [-0.15, -0.1) is 37.2 Å². The van der Waals surface area contributed by atoms with E-state index < -0.39 is 0 Å². The highest BCUT2D eigenvalue weighted by molar-refractivity contribution is 5.86. The maximum absolute atomic E-state index is 12.0. The average molecular weight is 437 g/mol. The molecule has 0 atom stereocenters. The summed E-state index contributed by atoms with van der Waals surface area (Å²) < 4.78 is 0. The fourth-order valence-corrected chi connectivity index (χ4v) is 2.90. The van der Waals surface area contributed by atoms with Gasteiger partial charge in [-0.1, -0.05) is 71.6 Å². The van der Waals surface area contributed by atoms with Gasteiger partial charge < -0.3 is 16.4 Å². The molecule has 0 aliphatic heterocycles. The molecule has 0 rings (SSSR count). The van der Waals surface area contributed by atoms with Crippen molar-refractivity contribution in [2.45, 2.75) is 84.5 Å². The fraction of sp³-hybridized carbons (Fsp3) is 0.947. The first-order valence-corrected chi connectivity index (χ1v) is 9.79. The van der Waals surface area contributed by atoms with E-state index in [4.69, 9.17) is 11.5 Å². The molecule has 0 saturated carbocycles. The number of nitrogens with zero attached hydrogens (tertiary/aromatic N) is 1. The lowest BCUT2D eigenvalue weighted by Gasteiger charge is -2.21. The summed E-state index contributed by atoms with van der Waals surface area (Å²) in [7, 11) is 0. The number of amides is 1. The van der Waals surface area contributed by atoms with Crippen LogP contribution in [0.5, 0.6) is 0 Å². The molecule has 0 fully saturated rings. The van der Waals surface area contributed by atoms with Crippen molar-refractivity contribution in [2.75, 3.05) is 26.2 Å². The number of carbonyl (C=O) groups is 1. The number of unbranched alkanes of at least 4 members (excludes halogenated alkanes) is 8. The van der Waals surface area contributed by atoms with Crippen molar-refractivity contribution in [1.82, 2.24) is 4.90 Å². The molecule has 0 aliphatic rings. The topological polar surface area (TPSA) is 72.3 Å². The van der Waals surface area contributed by atoms with Gasteiger partial charge in [-0.2, -0.15) is 0 Å². The van der Waals surface area contributed by atoms with Crippen LogP contribution in [-0.4, -0.2) is 37.0 Å². The normalized spacial score (nSPS) is 9.88. The van der Waals surface area contributed by atoms with Crippen LogP contribution in [0.3, 0.4) is 0 Å². The van der Waals surface area contributed by atoms with E-state index in [1.807, 2.05) is 0 Å². The molecule has 162 valence electrons. The SMILES string of the molecule is CC(C)CCCCCCCCCCCC(=O)N(CCN)CCN.Cl.Cl.Cl. The van der Waals surface area contributed by atoms with Gasteiger partial charge in [0.15, 0.2) is 0 Å². The molecule has 0 unspecified atom stereocenters. The van der Waals surface area contributed by atoms with Crippen LogP contribution in [0.4, 0.5) is 0 Å². The molecule has 0 bridgehead atoms. The zero-order valence-corrected chi connectivity index (χ0v) is 19.4. The van der Waals surface area contributed by atoms with Gasteiger partial charge >= 0.3 is 0 Å². The Labute approximate surface area is 180 Å². The molecule has 7 heteroatoms. The molecule has 4 N–H and O–H groups in total. The third-order valence-electron chi connectivity index (χ3n) is 4.32. The quantitative estimate of drug-likeness (QED) is 0.336. The van der Waals surface area contributed by atoms with Crippen molar-refractivity contribution in [3.63, 3.8) is 0 Å². The fourth-order valence-electron chi connectivity index (χ4n) is 2.90. The van der Waals surface area contributed by atoms with Gasteiger partial charge in [-0.05, 0) is 12.3 Å². The van der Waals surface area contributed by atoms with Crippen molar-refractivity contribution in [3.8, 4) is 0 Å². The smallest absolute Gasteiger partial charge is 0.222 e. The van der Waals surface area contributed by atoms with Crippen LogP contribution in [-0.2, 0) is 4.79 Å². The minimum absolute atomic E-state index is 0. The van der Waals surface area contributed by atoms with Gasteiger partial charge in [0.05, 0.1) is 0 Å². The van der Waals surface area contributed by atoms with E-state index in [2.05, 4.69) is 13.8 Å². The summed E-state index contributed by atoms with van der Waals surface area (Å²) in [4.78, 5) is 13.8. The molecular weight excluding hydrogens is 393 g/mol. The Bertz CT molecular complexity index is 277. The molecule has 0 aliphatic carbocycles. The Balaban J connectivity index is -0.000000807. The van der Waals surface area contributed by atoms with Crippen LogP contribution in [0, 0.1) is 5.92 Å². The van der Waals surface area contributed by atoms with E-state index in [1.165, 1.54) is 51.4 Å². The summed E-state index contributed by atoms with van der Waals surface area (Å²) >= 11 is 0. The Morgan fingerprint density at radius 3 is 1.50 bits per heavy atom. The van der Waals surface area contributed by atoms with Crippen LogP contribution in [0.2, 0.25) is 0 Å². The van der Waals surface area contributed by atoms with E-state index in [0.717, 1.165) is 18.8 Å². The molecule has 26 heavy (non-hydrogen) atoms. The lowest BCUT2D eigenvalue weighted by Crippen LogP contribution is -2.38. The maximum atomic E-state index is 12.0. The summed E-state index contributed by atoms with van der Waals surface area (Å²) in [6, 6.07) is 0. The number of nitrogens with two attached hydrogens (primary N) is 2. The highest BCUT2D eigenvalue weighted by Gasteiger charge is 2.10. The zero-order chi connectivity index (χ0) is 17.3. The summed E-state index contributed by atoms with van der Waals surface area (Å²) in [5.74, 6) is 1.06. The first-order chi connectivity index (χ1) is 11.1. The number of halogens is 3. The van der Waals surface area contributed by atoms with Crippen molar-refractivity contribution in [1.29, 1.82) is 0 Å². The second kappa shape index (κ2) is 25.3. The van der Waals surface area contributed by atoms with E-state index >= 15 is 0 Å². The van der Waals surface area contributed by atoms with E-state index in [-0.39, 0.29) is 43.1 Å². The molecule has 0 aromatic carbocycles. The predicted molar refractivity (Wildman–Crippen MR) is 122 cm³/mol. The van der Waals surface area contributed by atoms with Crippen LogP contribution in [0.25, 0.3) is 0 Å². The van der Waals surface area contributed by atoms with Crippen molar-refractivity contribution in [3.05, 3.63) is 0 Å². The van der Waals surface area contributed by atoms with E-state index in [1.54, 1.807) is 4.90 Å². The average Bonchev–Trinajstić information content (AvgIpc) is 2.51. The number of rotatable bonds is 16. The number of carbonyl (C=O) groups excluding carboxylic acids is 1. The van der Waals surface area contributed by atoms with Crippen LogP contribution in [0.1, 0.15) is 84.5 Å². The molecule has 0 saturated heterocycles. The maximum Gasteiger partial charge on any atom is 0.222 e. The van der Waals surface area contributed by atoms with Crippen LogP contribution >= 0.6 is 37.2 Å². The number of hydrogen-bond donors (Lipinski definition) is 2. The summed E-state index contributed by atoms with van der Waals surface area (Å²) in [5, 5.41) is 0. The minimum Gasteiger partial charge on any atom is -0.340 e. The Kier molecular flexibility index (Phi) is 32.9. The number of hydrogen-bond acceptors (Lipinski definition) is 3. The molecule has 0 aromatic heterocycles. The molecule has 0 heterocycles. The molecular formula is C19H44Cl3N3O. The Hall–Kier alpha value is 0.260. The molecule has 0 spiro atoms. The van der Waals surface area contributed by atoms with Gasteiger partial charge in [0, 0.05) is 32.6 Å². The highest BCUT2D eigenvalue weighted by atomic mass is 35.5. The molecule has 0 aromatic rings. The largest absolute Gasteiger partial charge is 0.340 e.